The van der Waals surface area contributed by atoms with E-state index in [0.717, 1.165) is 16.9 Å². The summed E-state index contributed by atoms with van der Waals surface area (Å²) in [5.74, 6) is 1.38. The maximum Gasteiger partial charge on any atom is 0.240 e. The van der Waals surface area contributed by atoms with Crippen LogP contribution in [0.2, 0.25) is 0 Å². The SMILES string of the molecule is CN=C(NCCNS(=O)(=O)c1ccc(C)cc1)NCc1ccccc1OC. The zero-order valence-electron chi connectivity index (χ0n) is 15.8. The van der Waals surface area contributed by atoms with E-state index in [1.54, 1.807) is 38.4 Å². The molecule has 3 N–H and O–H groups in total. The number of aryl methyl sites for hydroxylation is 1. The molecule has 0 fully saturated rings. The zero-order valence-corrected chi connectivity index (χ0v) is 16.6. The van der Waals surface area contributed by atoms with Crippen molar-refractivity contribution in [1.82, 2.24) is 15.4 Å². The van der Waals surface area contributed by atoms with Crippen molar-refractivity contribution in [1.29, 1.82) is 0 Å². The summed E-state index contributed by atoms with van der Waals surface area (Å²) in [6.07, 6.45) is 0. The van der Waals surface area contributed by atoms with E-state index in [9.17, 15) is 8.42 Å². The molecule has 0 aromatic heterocycles. The summed E-state index contributed by atoms with van der Waals surface area (Å²) < 4.78 is 32.4. The topological polar surface area (TPSA) is 91.8 Å². The van der Waals surface area contributed by atoms with Crippen molar-refractivity contribution >= 4 is 16.0 Å². The molecule has 8 heteroatoms. The van der Waals surface area contributed by atoms with E-state index >= 15 is 0 Å². The van der Waals surface area contributed by atoms with Crippen LogP contribution in [-0.2, 0) is 16.6 Å². The first-order valence-electron chi connectivity index (χ1n) is 8.59. The van der Waals surface area contributed by atoms with Crippen molar-refractivity contribution in [2.75, 3.05) is 27.2 Å². The molecule has 2 aromatic rings. The quantitative estimate of drug-likeness (QED) is 0.362. The summed E-state index contributed by atoms with van der Waals surface area (Å²) >= 11 is 0. The lowest BCUT2D eigenvalue weighted by Crippen LogP contribution is -2.41. The van der Waals surface area contributed by atoms with Crippen LogP contribution in [0.5, 0.6) is 5.75 Å². The third-order valence-electron chi connectivity index (χ3n) is 3.90. The number of nitrogens with one attached hydrogen (secondary N) is 3. The summed E-state index contributed by atoms with van der Waals surface area (Å²) in [5, 5.41) is 6.26. The van der Waals surface area contributed by atoms with Crippen LogP contribution in [0, 0.1) is 6.92 Å². The number of guanidine groups is 1. The maximum atomic E-state index is 12.2. The Balaban J connectivity index is 1.80. The smallest absolute Gasteiger partial charge is 0.240 e. The molecule has 0 amide bonds. The first-order valence-corrected chi connectivity index (χ1v) is 10.1. The van der Waals surface area contributed by atoms with Gasteiger partial charge < -0.3 is 15.4 Å². The molecule has 7 nitrogen and oxygen atoms in total. The number of para-hydroxylation sites is 1. The molecule has 146 valence electrons. The number of sulfonamides is 1. The van der Waals surface area contributed by atoms with Crippen molar-refractivity contribution in [2.24, 2.45) is 4.99 Å². The number of aliphatic imine (C=N–C) groups is 1. The van der Waals surface area contributed by atoms with Crippen LogP contribution in [0.4, 0.5) is 0 Å². The van der Waals surface area contributed by atoms with Crippen LogP contribution in [0.3, 0.4) is 0 Å². The molecule has 0 aliphatic heterocycles. The molecular weight excluding hydrogens is 364 g/mol. The number of hydrogen-bond donors (Lipinski definition) is 3. The van der Waals surface area contributed by atoms with Gasteiger partial charge in [0.05, 0.1) is 12.0 Å². The summed E-state index contributed by atoms with van der Waals surface area (Å²) in [6, 6.07) is 14.5. The molecule has 27 heavy (non-hydrogen) atoms. The van der Waals surface area contributed by atoms with Crippen molar-refractivity contribution in [3.05, 3.63) is 59.7 Å². The van der Waals surface area contributed by atoms with E-state index in [0.29, 0.717) is 19.0 Å². The van der Waals surface area contributed by atoms with Crippen LogP contribution in [0.25, 0.3) is 0 Å². The summed E-state index contributed by atoms with van der Waals surface area (Å²) in [5.41, 5.74) is 2.02. The predicted molar refractivity (Wildman–Crippen MR) is 108 cm³/mol. The molecular formula is C19H26N4O3S. The van der Waals surface area contributed by atoms with Gasteiger partial charge in [0.2, 0.25) is 10.0 Å². The monoisotopic (exact) mass is 390 g/mol. The molecule has 0 aliphatic carbocycles. The fraction of sp³-hybridized carbons (Fsp3) is 0.316. The van der Waals surface area contributed by atoms with Crippen LogP contribution in [0.15, 0.2) is 58.4 Å². The van der Waals surface area contributed by atoms with E-state index in [4.69, 9.17) is 4.74 Å². The molecule has 2 rings (SSSR count). The van der Waals surface area contributed by atoms with Gasteiger partial charge in [-0.3, -0.25) is 4.99 Å². The van der Waals surface area contributed by atoms with Crippen molar-refractivity contribution < 1.29 is 13.2 Å². The van der Waals surface area contributed by atoms with Crippen molar-refractivity contribution in [3.8, 4) is 5.75 Å². The first kappa shape index (κ1) is 20.7. The minimum absolute atomic E-state index is 0.242. The number of ether oxygens (including phenoxy) is 1. The standard InChI is InChI=1S/C19H26N4O3S/c1-15-8-10-17(11-9-15)27(24,25)23-13-12-21-19(20-2)22-14-16-6-4-5-7-18(16)26-3/h4-11,23H,12-14H2,1-3H3,(H2,20,21,22). The van der Waals surface area contributed by atoms with Gasteiger partial charge in [-0.25, -0.2) is 13.1 Å². The second kappa shape index (κ2) is 9.94. The molecule has 0 spiro atoms. The van der Waals surface area contributed by atoms with Gasteiger partial charge in [0, 0.05) is 32.2 Å². The fourth-order valence-electron chi connectivity index (χ4n) is 2.42. The Labute approximate surface area is 160 Å². The summed E-state index contributed by atoms with van der Waals surface area (Å²) in [4.78, 5) is 4.39. The molecule has 0 atom stereocenters. The van der Waals surface area contributed by atoms with Gasteiger partial charge in [-0.1, -0.05) is 35.9 Å². The van der Waals surface area contributed by atoms with Crippen molar-refractivity contribution in [3.63, 3.8) is 0 Å². The van der Waals surface area contributed by atoms with Gasteiger partial charge in [0.15, 0.2) is 5.96 Å². The highest BCUT2D eigenvalue weighted by atomic mass is 32.2. The molecule has 0 saturated heterocycles. The Morgan fingerprint density at radius 3 is 2.41 bits per heavy atom. The highest BCUT2D eigenvalue weighted by molar-refractivity contribution is 7.89. The third-order valence-corrected chi connectivity index (χ3v) is 5.38. The van der Waals surface area contributed by atoms with E-state index in [1.165, 1.54) is 0 Å². The number of hydrogen-bond acceptors (Lipinski definition) is 4. The Morgan fingerprint density at radius 2 is 1.74 bits per heavy atom. The molecule has 0 radical (unpaired) electrons. The Hall–Kier alpha value is -2.58. The molecule has 0 unspecified atom stereocenters. The van der Waals surface area contributed by atoms with Crippen LogP contribution >= 0.6 is 0 Å². The normalized spacial score (nSPS) is 11.9. The minimum atomic E-state index is -3.51. The van der Waals surface area contributed by atoms with E-state index in [-0.39, 0.29) is 11.4 Å². The average Bonchev–Trinajstić information content (AvgIpc) is 2.68. The van der Waals surface area contributed by atoms with E-state index < -0.39 is 10.0 Å². The number of nitrogens with zero attached hydrogens (tertiary/aromatic N) is 1. The number of methoxy groups -OCH3 is 1. The molecule has 0 aliphatic rings. The molecule has 0 heterocycles. The maximum absolute atomic E-state index is 12.2. The van der Waals surface area contributed by atoms with Gasteiger partial charge in [-0.05, 0) is 25.1 Å². The highest BCUT2D eigenvalue weighted by Gasteiger charge is 2.12. The lowest BCUT2D eigenvalue weighted by Gasteiger charge is -2.14. The fourth-order valence-corrected chi connectivity index (χ4v) is 3.45. The lowest BCUT2D eigenvalue weighted by molar-refractivity contribution is 0.409. The van der Waals surface area contributed by atoms with Crippen molar-refractivity contribution in [2.45, 2.75) is 18.4 Å². The molecule has 0 bridgehead atoms. The van der Waals surface area contributed by atoms with Gasteiger partial charge in [0.25, 0.3) is 0 Å². The Kier molecular flexibility index (Phi) is 7.63. The van der Waals surface area contributed by atoms with Gasteiger partial charge in [-0.15, -0.1) is 0 Å². The second-order valence-electron chi connectivity index (χ2n) is 5.88. The van der Waals surface area contributed by atoms with Crippen LogP contribution < -0.4 is 20.1 Å². The number of benzene rings is 2. The largest absolute Gasteiger partial charge is 0.496 e. The van der Waals surface area contributed by atoms with Gasteiger partial charge in [0.1, 0.15) is 5.75 Å². The number of rotatable bonds is 8. The van der Waals surface area contributed by atoms with E-state index in [1.807, 2.05) is 31.2 Å². The minimum Gasteiger partial charge on any atom is -0.496 e. The first-order chi connectivity index (χ1) is 13.0. The zero-order chi connectivity index (χ0) is 19.7. The lowest BCUT2D eigenvalue weighted by atomic mass is 10.2. The third kappa shape index (κ3) is 6.26. The predicted octanol–water partition coefficient (Wildman–Crippen LogP) is 1.65. The van der Waals surface area contributed by atoms with Gasteiger partial charge in [-0.2, -0.15) is 0 Å². The summed E-state index contributed by atoms with van der Waals surface area (Å²) in [6.45, 7) is 3.10. The molecule has 0 saturated carbocycles. The average molecular weight is 391 g/mol. The second-order valence-corrected chi connectivity index (χ2v) is 7.64. The van der Waals surface area contributed by atoms with E-state index in [2.05, 4.69) is 20.3 Å². The summed E-state index contributed by atoms with van der Waals surface area (Å²) in [7, 11) is -0.221. The Bertz CT molecular complexity index is 865. The highest BCUT2D eigenvalue weighted by Crippen LogP contribution is 2.16. The van der Waals surface area contributed by atoms with Gasteiger partial charge >= 0.3 is 0 Å². The Morgan fingerprint density at radius 1 is 1.04 bits per heavy atom. The van der Waals surface area contributed by atoms with Crippen LogP contribution in [-0.4, -0.2) is 41.6 Å². The molecule has 2 aromatic carbocycles. The van der Waals surface area contributed by atoms with Crippen LogP contribution in [0.1, 0.15) is 11.1 Å².